The van der Waals surface area contributed by atoms with Gasteiger partial charge in [-0.25, -0.2) is 14.8 Å². The van der Waals surface area contributed by atoms with Crippen molar-refractivity contribution in [2.24, 2.45) is 0 Å². The molecule has 1 aromatic rings. The number of hydrogen-bond donors (Lipinski definition) is 1. The third-order valence-corrected chi connectivity index (χ3v) is 2.59. The molecule has 1 aromatic heterocycles. The van der Waals surface area contributed by atoms with E-state index < -0.39 is 6.09 Å². The Morgan fingerprint density at radius 2 is 2.12 bits per heavy atom. The molecule has 0 aliphatic carbocycles. The van der Waals surface area contributed by atoms with E-state index in [9.17, 15) is 4.79 Å². The summed E-state index contributed by atoms with van der Waals surface area (Å²) >= 11 is 0. The van der Waals surface area contributed by atoms with Gasteiger partial charge in [0.15, 0.2) is 0 Å². The predicted molar refractivity (Wildman–Crippen MR) is 58.6 cm³/mol. The Balaban J connectivity index is 2.05. The zero-order chi connectivity index (χ0) is 12.3. The maximum absolute atomic E-state index is 10.7. The second-order valence-corrected chi connectivity index (χ2v) is 3.61. The first-order chi connectivity index (χ1) is 8.20. The molecule has 0 aromatic carbocycles. The van der Waals surface area contributed by atoms with E-state index in [0.717, 1.165) is 0 Å². The van der Waals surface area contributed by atoms with Crippen LogP contribution in [0, 0.1) is 11.3 Å². The first-order valence-electron chi connectivity index (χ1n) is 5.16. The van der Waals surface area contributed by atoms with Gasteiger partial charge in [0, 0.05) is 32.4 Å². The monoisotopic (exact) mass is 233 g/mol. The third kappa shape index (κ3) is 2.42. The van der Waals surface area contributed by atoms with Gasteiger partial charge in [0.25, 0.3) is 0 Å². The summed E-state index contributed by atoms with van der Waals surface area (Å²) in [7, 11) is 0. The summed E-state index contributed by atoms with van der Waals surface area (Å²) in [6, 6.07) is 3.49. The summed E-state index contributed by atoms with van der Waals surface area (Å²) in [5.41, 5.74) is 0.315. The van der Waals surface area contributed by atoms with Crippen LogP contribution in [0.3, 0.4) is 0 Å². The van der Waals surface area contributed by atoms with Gasteiger partial charge >= 0.3 is 6.09 Å². The molecule has 2 rings (SSSR count). The van der Waals surface area contributed by atoms with Gasteiger partial charge in [-0.2, -0.15) is 5.26 Å². The number of nitrogens with zero attached hydrogens (tertiary/aromatic N) is 5. The topological polar surface area (TPSA) is 93.4 Å². The molecule has 0 atom stereocenters. The Morgan fingerprint density at radius 3 is 2.71 bits per heavy atom. The molecule has 2 heterocycles. The number of carbonyl (C=O) groups is 1. The molecule has 0 spiro atoms. The van der Waals surface area contributed by atoms with E-state index in [1.165, 1.54) is 17.2 Å². The highest BCUT2D eigenvalue weighted by atomic mass is 16.4. The summed E-state index contributed by atoms with van der Waals surface area (Å²) in [6.07, 6.45) is 0.626. The fourth-order valence-corrected chi connectivity index (χ4v) is 1.66. The molecule has 7 heteroatoms. The first kappa shape index (κ1) is 11.1. The number of hydrogen-bond acceptors (Lipinski definition) is 5. The minimum atomic E-state index is -0.906. The van der Waals surface area contributed by atoms with E-state index in [1.807, 2.05) is 11.0 Å². The van der Waals surface area contributed by atoms with E-state index >= 15 is 0 Å². The highest BCUT2D eigenvalue weighted by molar-refractivity contribution is 5.65. The van der Waals surface area contributed by atoms with Crippen LogP contribution in [-0.4, -0.2) is 52.2 Å². The number of nitriles is 1. The van der Waals surface area contributed by atoms with Crippen molar-refractivity contribution < 1.29 is 9.90 Å². The van der Waals surface area contributed by atoms with Crippen LogP contribution in [0.5, 0.6) is 0 Å². The molecular formula is C10H11N5O2. The molecule has 0 saturated carbocycles. The first-order valence-corrected chi connectivity index (χ1v) is 5.16. The SMILES string of the molecule is N#Cc1ccnc(N2CCN(C(=O)O)CC2)n1. The van der Waals surface area contributed by atoms with Crippen molar-refractivity contribution in [3.63, 3.8) is 0 Å². The highest BCUT2D eigenvalue weighted by Crippen LogP contribution is 2.10. The lowest BCUT2D eigenvalue weighted by Gasteiger charge is -2.32. The van der Waals surface area contributed by atoms with E-state index in [-0.39, 0.29) is 0 Å². The van der Waals surface area contributed by atoms with Crippen molar-refractivity contribution in [2.75, 3.05) is 31.1 Å². The molecule has 1 aliphatic rings. The Hall–Kier alpha value is -2.36. The minimum Gasteiger partial charge on any atom is -0.465 e. The van der Waals surface area contributed by atoms with Gasteiger partial charge in [0.2, 0.25) is 5.95 Å². The number of rotatable bonds is 1. The van der Waals surface area contributed by atoms with Gasteiger partial charge in [-0.05, 0) is 6.07 Å². The Labute approximate surface area is 97.9 Å². The molecule has 1 fully saturated rings. The third-order valence-electron chi connectivity index (χ3n) is 2.59. The van der Waals surface area contributed by atoms with Crippen LogP contribution < -0.4 is 4.90 Å². The van der Waals surface area contributed by atoms with Gasteiger partial charge in [-0.1, -0.05) is 0 Å². The molecular weight excluding hydrogens is 222 g/mol. The fourth-order valence-electron chi connectivity index (χ4n) is 1.66. The number of aromatic nitrogens is 2. The molecule has 1 saturated heterocycles. The molecule has 17 heavy (non-hydrogen) atoms. The molecule has 0 radical (unpaired) electrons. The average Bonchev–Trinajstić information content (AvgIpc) is 2.39. The van der Waals surface area contributed by atoms with Crippen LogP contribution in [0.2, 0.25) is 0 Å². The largest absolute Gasteiger partial charge is 0.465 e. The Morgan fingerprint density at radius 1 is 1.41 bits per heavy atom. The van der Waals surface area contributed by atoms with Crippen LogP contribution in [0.4, 0.5) is 10.7 Å². The summed E-state index contributed by atoms with van der Waals surface area (Å²) in [5, 5.41) is 17.5. The van der Waals surface area contributed by atoms with Gasteiger partial charge in [-0.3, -0.25) is 0 Å². The summed E-state index contributed by atoms with van der Waals surface area (Å²) in [4.78, 5) is 22.1. The van der Waals surface area contributed by atoms with E-state index in [2.05, 4.69) is 9.97 Å². The van der Waals surface area contributed by atoms with Gasteiger partial charge in [0.05, 0.1) is 0 Å². The predicted octanol–water partition coefficient (Wildman–Crippen LogP) is 0.148. The smallest absolute Gasteiger partial charge is 0.407 e. The number of piperazine rings is 1. The van der Waals surface area contributed by atoms with Gasteiger partial charge in [0.1, 0.15) is 11.8 Å². The van der Waals surface area contributed by atoms with Crippen LogP contribution in [-0.2, 0) is 0 Å². The van der Waals surface area contributed by atoms with Crippen LogP contribution in [0.25, 0.3) is 0 Å². The molecule has 1 amide bonds. The zero-order valence-corrected chi connectivity index (χ0v) is 9.07. The lowest BCUT2D eigenvalue weighted by Crippen LogP contribution is -2.48. The summed E-state index contributed by atoms with van der Waals surface area (Å²) < 4.78 is 0. The number of anilines is 1. The van der Waals surface area contributed by atoms with Crippen molar-refractivity contribution in [1.29, 1.82) is 5.26 Å². The van der Waals surface area contributed by atoms with Crippen LogP contribution >= 0.6 is 0 Å². The van der Waals surface area contributed by atoms with Crippen LogP contribution in [0.1, 0.15) is 5.69 Å². The molecule has 0 unspecified atom stereocenters. The fraction of sp³-hybridized carbons (Fsp3) is 0.400. The molecule has 1 N–H and O–H groups in total. The maximum atomic E-state index is 10.7. The molecule has 1 aliphatic heterocycles. The normalized spacial score (nSPS) is 15.5. The van der Waals surface area contributed by atoms with Crippen molar-refractivity contribution in [3.8, 4) is 6.07 Å². The van der Waals surface area contributed by atoms with E-state index in [1.54, 1.807) is 0 Å². The van der Waals surface area contributed by atoms with Crippen molar-refractivity contribution in [2.45, 2.75) is 0 Å². The van der Waals surface area contributed by atoms with Crippen molar-refractivity contribution in [3.05, 3.63) is 18.0 Å². The molecule has 7 nitrogen and oxygen atoms in total. The number of amides is 1. The van der Waals surface area contributed by atoms with E-state index in [0.29, 0.717) is 37.8 Å². The lowest BCUT2D eigenvalue weighted by molar-refractivity contribution is 0.142. The zero-order valence-electron chi connectivity index (χ0n) is 9.07. The van der Waals surface area contributed by atoms with Crippen LogP contribution in [0.15, 0.2) is 12.3 Å². The van der Waals surface area contributed by atoms with Gasteiger partial charge in [-0.15, -0.1) is 0 Å². The molecule has 88 valence electrons. The summed E-state index contributed by atoms with van der Waals surface area (Å²) in [6.45, 7) is 1.94. The number of carboxylic acid groups (broad SMARTS) is 1. The second kappa shape index (κ2) is 4.65. The van der Waals surface area contributed by atoms with Gasteiger partial charge < -0.3 is 14.9 Å². The van der Waals surface area contributed by atoms with Crippen molar-refractivity contribution >= 4 is 12.0 Å². The maximum Gasteiger partial charge on any atom is 0.407 e. The molecule has 0 bridgehead atoms. The second-order valence-electron chi connectivity index (χ2n) is 3.61. The highest BCUT2D eigenvalue weighted by Gasteiger charge is 2.21. The van der Waals surface area contributed by atoms with Crippen molar-refractivity contribution in [1.82, 2.24) is 14.9 Å². The standard InChI is InChI=1S/C10H11N5O2/c11-7-8-1-2-12-9(13-8)14-3-5-15(6-4-14)10(16)17/h1-2H,3-6H2,(H,16,17). The Bertz CT molecular complexity index is 462. The summed E-state index contributed by atoms with van der Waals surface area (Å²) in [5.74, 6) is 0.481. The van der Waals surface area contributed by atoms with E-state index in [4.69, 9.17) is 10.4 Å². The average molecular weight is 233 g/mol. The lowest BCUT2D eigenvalue weighted by atomic mass is 10.3. The Kier molecular flexibility index (Phi) is 3.05. The minimum absolute atomic E-state index is 0.315. The quantitative estimate of drug-likeness (QED) is 0.742.